The molecular formula is C12H10ClF2N3O2S. The molecule has 1 aromatic carbocycles. The summed E-state index contributed by atoms with van der Waals surface area (Å²) >= 11 is 6.53. The van der Waals surface area contributed by atoms with Crippen LogP contribution in [0.15, 0.2) is 18.2 Å². The summed E-state index contributed by atoms with van der Waals surface area (Å²) in [6, 6.07) is 4.62. The third kappa shape index (κ3) is 3.64. The van der Waals surface area contributed by atoms with Crippen molar-refractivity contribution in [2.45, 2.75) is 13.3 Å². The van der Waals surface area contributed by atoms with Crippen molar-refractivity contribution in [3.8, 4) is 10.9 Å². The lowest BCUT2D eigenvalue weighted by Gasteiger charge is -2.18. The molecule has 0 aliphatic heterocycles. The number of ether oxygens (including phenoxy) is 1. The second-order valence-corrected chi connectivity index (χ2v) is 5.41. The minimum Gasteiger partial charge on any atom is -0.428 e. The molecule has 0 aliphatic carbocycles. The minimum atomic E-state index is -2.70. The van der Waals surface area contributed by atoms with Crippen LogP contribution in [-0.2, 0) is 4.79 Å². The number of aromatic nitrogens is 2. The number of nitrogens with zero attached hydrogens (tertiary/aromatic N) is 3. The van der Waals surface area contributed by atoms with Gasteiger partial charge in [-0.25, -0.2) is 8.78 Å². The summed E-state index contributed by atoms with van der Waals surface area (Å²) in [5.41, 5.74) is 0.406. The van der Waals surface area contributed by atoms with Gasteiger partial charge < -0.3 is 9.64 Å². The number of halogens is 3. The number of hydrogen-bond donors (Lipinski definition) is 0. The van der Waals surface area contributed by atoms with E-state index in [1.54, 1.807) is 13.1 Å². The standard InChI is InChI=1S/C12H10ClF2N3O2S/c1-6(19)18(2)8-5-7(13)3-4-9(8)20-12-17-16-11(21-12)10(14)15/h3-5,10H,1-2H3. The molecule has 9 heteroatoms. The highest BCUT2D eigenvalue weighted by atomic mass is 35.5. The maximum Gasteiger partial charge on any atom is 0.299 e. The van der Waals surface area contributed by atoms with Crippen LogP contribution < -0.4 is 9.64 Å². The van der Waals surface area contributed by atoms with Crippen LogP contribution in [0.4, 0.5) is 14.5 Å². The fourth-order valence-corrected chi connectivity index (χ4v) is 2.18. The second-order valence-electron chi connectivity index (χ2n) is 4.00. The molecule has 0 radical (unpaired) electrons. The van der Waals surface area contributed by atoms with Crippen LogP contribution in [0.5, 0.6) is 10.9 Å². The second kappa shape index (κ2) is 6.31. The summed E-state index contributed by atoms with van der Waals surface area (Å²) in [6.07, 6.45) is -2.70. The van der Waals surface area contributed by atoms with Crippen molar-refractivity contribution < 1.29 is 18.3 Å². The van der Waals surface area contributed by atoms with E-state index in [-0.39, 0.29) is 16.9 Å². The number of alkyl halides is 2. The molecule has 0 saturated carbocycles. The average Bonchev–Trinajstić information content (AvgIpc) is 2.88. The van der Waals surface area contributed by atoms with Gasteiger partial charge >= 0.3 is 0 Å². The van der Waals surface area contributed by atoms with E-state index in [1.165, 1.54) is 24.0 Å². The highest BCUT2D eigenvalue weighted by molar-refractivity contribution is 7.13. The molecule has 0 aliphatic rings. The van der Waals surface area contributed by atoms with E-state index in [2.05, 4.69) is 10.2 Å². The molecule has 0 N–H and O–H groups in total. The zero-order valence-electron chi connectivity index (χ0n) is 11.0. The van der Waals surface area contributed by atoms with Crippen molar-refractivity contribution in [1.82, 2.24) is 10.2 Å². The molecule has 21 heavy (non-hydrogen) atoms. The van der Waals surface area contributed by atoms with E-state index < -0.39 is 11.4 Å². The van der Waals surface area contributed by atoms with Gasteiger partial charge in [-0.2, -0.15) is 0 Å². The summed E-state index contributed by atoms with van der Waals surface area (Å²) in [5.74, 6) is 0.0433. The number of carbonyl (C=O) groups excluding carboxylic acids is 1. The van der Waals surface area contributed by atoms with Gasteiger partial charge in [-0.05, 0) is 18.2 Å². The van der Waals surface area contributed by atoms with Crippen molar-refractivity contribution in [3.63, 3.8) is 0 Å². The molecule has 0 saturated heterocycles. The molecule has 1 aromatic heterocycles. The summed E-state index contributed by atoms with van der Waals surface area (Å²) in [5, 5.41) is 6.80. The van der Waals surface area contributed by atoms with Gasteiger partial charge in [0, 0.05) is 19.0 Å². The van der Waals surface area contributed by atoms with Crippen LogP contribution >= 0.6 is 22.9 Å². The van der Waals surface area contributed by atoms with Crippen molar-refractivity contribution in [2.75, 3.05) is 11.9 Å². The Morgan fingerprint density at radius 1 is 1.43 bits per heavy atom. The lowest BCUT2D eigenvalue weighted by molar-refractivity contribution is -0.116. The van der Waals surface area contributed by atoms with Gasteiger partial charge in [0.1, 0.15) is 0 Å². The van der Waals surface area contributed by atoms with Crippen LogP contribution in [0.2, 0.25) is 5.02 Å². The molecule has 2 rings (SSSR count). The molecular weight excluding hydrogens is 324 g/mol. The molecule has 2 aromatic rings. The zero-order valence-corrected chi connectivity index (χ0v) is 12.6. The van der Waals surface area contributed by atoms with Crippen LogP contribution in [0.3, 0.4) is 0 Å². The Labute approximate surface area is 128 Å². The smallest absolute Gasteiger partial charge is 0.299 e. The van der Waals surface area contributed by atoms with E-state index in [9.17, 15) is 13.6 Å². The Morgan fingerprint density at radius 3 is 2.71 bits per heavy atom. The Kier molecular flexibility index (Phi) is 4.69. The zero-order chi connectivity index (χ0) is 15.6. The third-order valence-corrected chi connectivity index (χ3v) is 3.60. The maximum absolute atomic E-state index is 12.5. The maximum atomic E-state index is 12.5. The lowest BCUT2D eigenvalue weighted by Crippen LogP contribution is -2.23. The van der Waals surface area contributed by atoms with E-state index in [1.807, 2.05) is 0 Å². The summed E-state index contributed by atoms with van der Waals surface area (Å²) in [7, 11) is 1.55. The summed E-state index contributed by atoms with van der Waals surface area (Å²) in [6.45, 7) is 1.38. The van der Waals surface area contributed by atoms with Gasteiger partial charge in [-0.3, -0.25) is 4.79 Å². The molecule has 0 atom stereocenters. The fourth-order valence-electron chi connectivity index (χ4n) is 1.45. The van der Waals surface area contributed by atoms with E-state index >= 15 is 0 Å². The molecule has 1 heterocycles. The first-order chi connectivity index (χ1) is 9.88. The first-order valence-corrected chi connectivity index (χ1v) is 6.91. The molecule has 1 amide bonds. The summed E-state index contributed by atoms with van der Waals surface area (Å²) in [4.78, 5) is 12.8. The Balaban J connectivity index is 2.32. The van der Waals surface area contributed by atoms with Crippen LogP contribution in [0.1, 0.15) is 18.4 Å². The monoisotopic (exact) mass is 333 g/mol. The fraction of sp³-hybridized carbons (Fsp3) is 0.250. The first kappa shape index (κ1) is 15.6. The molecule has 112 valence electrons. The van der Waals surface area contributed by atoms with Gasteiger partial charge in [0.25, 0.3) is 11.6 Å². The molecule has 0 fully saturated rings. The number of rotatable bonds is 4. The predicted molar refractivity (Wildman–Crippen MR) is 75.5 cm³/mol. The number of amides is 1. The third-order valence-electron chi connectivity index (χ3n) is 2.56. The average molecular weight is 334 g/mol. The summed E-state index contributed by atoms with van der Waals surface area (Å²) < 4.78 is 30.4. The van der Waals surface area contributed by atoms with E-state index in [4.69, 9.17) is 16.3 Å². The number of carbonyl (C=O) groups is 1. The first-order valence-electron chi connectivity index (χ1n) is 5.71. The van der Waals surface area contributed by atoms with E-state index in [0.717, 1.165) is 0 Å². The quantitative estimate of drug-likeness (QED) is 0.851. The predicted octanol–water partition coefficient (Wildman–Crippen LogP) is 3.90. The van der Waals surface area contributed by atoms with Crippen LogP contribution in [0, 0.1) is 0 Å². The Hall–Kier alpha value is -1.80. The molecule has 0 bridgehead atoms. The molecule has 0 unspecified atom stereocenters. The van der Waals surface area contributed by atoms with Gasteiger partial charge in [0.15, 0.2) is 10.8 Å². The van der Waals surface area contributed by atoms with Gasteiger partial charge in [0.05, 0.1) is 5.69 Å². The van der Waals surface area contributed by atoms with Crippen molar-refractivity contribution in [3.05, 3.63) is 28.2 Å². The molecule has 0 spiro atoms. The lowest BCUT2D eigenvalue weighted by atomic mass is 10.2. The van der Waals surface area contributed by atoms with E-state index in [0.29, 0.717) is 22.0 Å². The highest BCUT2D eigenvalue weighted by Crippen LogP contribution is 2.36. The normalized spacial score (nSPS) is 10.8. The number of hydrogen-bond acceptors (Lipinski definition) is 5. The Morgan fingerprint density at radius 2 is 2.14 bits per heavy atom. The van der Waals surface area contributed by atoms with Crippen molar-refractivity contribution in [1.29, 1.82) is 0 Å². The molecule has 5 nitrogen and oxygen atoms in total. The number of anilines is 1. The topological polar surface area (TPSA) is 55.3 Å². The largest absolute Gasteiger partial charge is 0.428 e. The van der Waals surface area contributed by atoms with Crippen molar-refractivity contribution in [2.24, 2.45) is 0 Å². The number of benzene rings is 1. The Bertz CT molecular complexity index is 666. The minimum absolute atomic E-state index is 0.0363. The SMILES string of the molecule is CC(=O)N(C)c1cc(Cl)ccc1Oc1nnc(C(F)F)s1. The highest BCUT2D eigenvalue weighted by Gasteiger charge is 2.18. The van der Waals surface area contributed by atoms with Gasteiger partial charge in [-0.1, -0.05) is 28.0 Å². The van der Waals surface area contributed by atoms with Crippen LogP contribution in [-0.4, -0.2) is 23.2 Å². The van der Waals surface area contributed by atoms with Crippen molar-refractivity contribution >= 4 is 34.5 Å². The van der Waals surface area contributed by atoms with Crippen LogP contribution in [0.25, 0.3) is 0 Å². The van der Waals surface area contributed by atoms with Gasteiger partial charge in [0.2, 0.25) is 5.91 Å². The van der Waals surface area contributed by atoms with Gasteiger partial charge in [-0.15, -0.1) is 5.10 Å².